The zero-order chi connectivity index (χ0) is 18.8. The summed E-state index contributed by atoms with van der Waals surface area (Å²) < 4.78 is 9.06. The van der Waals surface area contributed by atoms with Gasteiger partial charge in [-0.2, -0.15) is 0 Å². The molecule has 136 valence electrons. The number of pyridine rings is 4. The topological polar surface area (TPSA) is 15.5 Å². The molecule has 5 rings (SSSR count). The molecule has 0 atom stereocenters. The maximum absolute atomic E-state index is 2.27. The van der Waals surface area contributed by atoms with E-state index in [0.717, 1.165) is 26.2 Å². The Bertz CT molecular complexity index is 886. The molecule has 0 amide bonds. The molecule has 5 heterocycles. The molecule has 4 aromatic heterocycles. The Morgan fingerprint density at radius 1 is 0.393 bits per heavy atom. The summed E-state index contributed by atoms with van der Waals surface area (Å²) in [4.78, 5) is 0. The molecule has 0 aliphatic carbocycles. The van der Waals surface area contributed by atoms with Crippen molar-refractivity contribution in [1.29, 1.82) is 0 Å². The van der Waals surface area contributed by atoms with Crippen LogP contribution in [0, 0.1) is 0 Å². The molecule has 1 aliphatic heterocycles. The molecule has 4 nitrogen and oxygen atoms in total. The summed E-state index contributed by atoms with van der Waals surface area (Å²) >= 11 is 0. The quantitative estimate of drug-likeness (QED) is 0.367. The number of nitrogens with zero attached hydrogens (tertiary/aromatic N) is 4. The van der Waals surface area contributed by atoms with E-state index in [0.29, 0.717) is 0 Å². The van der Waals surface area contributed by atoms with E-state index in [1.54, 1.807) is 0 Å². The summed E-state index contributed by atoms with van der Waals surface area (Å²) in [6.45, 7) is 3.48. The number of hydrogen-bond donors (Lipinski definition) is 0. The van der Waals surface area contributed by atoms with E-state index in [-0.39, 0.29) is 0 Å². The fourth-order valence-electron chi connectivity index (χ4n) is 3.92. The van der Waals surface area contributed by atoms with Crippen LogP contribution < -0.4 is 18.3 Å². The van der Waals surface area contributed by atoms with Crippen LogP contribution in [0.5, 0.6) is 0 Å². The largest absolute Gasteiger partial charge is 0.200 e. The van der Waals surface area contributed by atoms with Gasteiger partial charge in [0.05, 0.1) is 22.3 Å². The van der Waals surface area contributed by atoms with E-state index >= 15 is 0 Å². The Balaban J connectivity index is 1.60. The van der Waals surface area contributed by atoms with Gasteiger partial charge in [-0.1, -0.05) is 0 Å². The second kappa shape index (κ2) is 7.31. The van der Waals surface area contributed by atoms with E-state index in [4.69, 9.17) is 0 Å². The fourth-order valence-corrected chi connectivity index (χ4v) is 3.92. The van der Waals surface area contributed by atoms with Gasteiger partial charge >= 0.3 is 0 Å². The lowest BCUT2D eigenvalue weighted by Gasteiger charge is -2.03. The minimum absolute atomic E-state index is 0.869. The molecule has 4 heteroatoms. The Kier molecular flexibility index (Phi) is 4.37. The van der Waals surface area contributed by atoms with Crippen molar-refractivity contribution in [3.8, 4) is 0 Å². The van der Waals surface area contributed by atoms with Gasteiger partial charge in [-0.3, -0.25) is 0 Å². The summed E-state index contributed by atoms with van der Waals surface area (Å²) in [5.41, 5.74) is 5.20. The van der Waals surface area contributed by atoms with Crippen molar-refractivity contribution in [1.82, 2.24) is 0 Å². The smallest absolute Gasteiger partial charge is 0.179 e. The molecule has 1 aliphatic rings. The second-order valence-electron chi connectivity index (χ2n) is 7.54. The van der Waals surface area contributed by atoms with E-state index < -0.39 is 0 Å². The minimum Gasteiger partial charge on any atom is -0.200 e. The molecular formula is C24H24N4+4. The average Bonchev–Trinajstić information content (AvgIpc) is 2.69. The molecule has 0 unspecified atom stereocenters. The van der Waals surface area contributed by atoms with Crippen molar-refractivity contribution in [3.63, 3.8) is 0 Å². The van der Waals surface area contributed by atoms with Gasteiger partial charge in [0.2, 0.25) is 0 Å². The van der Waals surface area contributed by atoms with Gasteiger partial charge in [0.15, 0.2) is 75.8 Å². The van der Waals surface area contributed by atoms with Crippen LogP contribution in [-0.4, -0.2) is 0 Å². The molecule has 0 saturated carbocycles. The van der Waals surface area contributed by atoms with Crippen molar-refractivity contribution >= 4 is 0 Å². The first kappa shape index (κ1) is 16.8. The van der Waals surface area contributed by atoms with E-state index in [1.807, 2.05) is 0 Å². The number of hydrogen-bond acceptors (Lipinski definition) is 0. The molecular weight excluding hydrogens is 344 g/mol. The maximum Gasteiger partial charge on any atom is 0.179 e. The highest BCUT2D eigenvalue weighted by Gasteiger charge is 2.15. The van der Waals surface area contributed by atoms with Crippen molar-refractivity contribution in [3.05, 3.63) is 120 Å². The lowest BCUT2D eigenvalue weighted by molar-refractivity contribution is -0.712. The zero-order valence-electron chi connectivity index (χ0n) is 15.9. The molecule has 0 radical (unpaired) electrons. The van der Waals surface area contributed by atoms with Gasteiger partial charge in [0, 0.05) is 24.3 Å². The highest BCUT2D eigenvalue weighted by Crippen LogP contribution is 2.02. The van der Waals surface area contributed by atoms with Gasteiger partial charge in [-0.25, -0.2) is 18.3 Å². The predicted molar refractivity (Wildman–Crippen MR) is 103 cm³/mol. The molecule has 0 saturated heterocycles. The third-order valence-corrected chi connectivity index (χ3v) is 5.14. The molecule has 0 aromatic carbocycles. The average molecular weight is 368 g/mol. The Hall–Kier alpha value is -3.40. The number of aromatic nitrogens is 4. The van der Waals surface area contributed by atoms with Crippen molar-refractivity contribution < 1.29 is 18.3 Å². The van der Waals surface area contributed by atoms with Gasteiger partial charge in [-0.05, 0) is 24.3 Å². The SMILES string of the molecule is c1cc2c[n+](c1)Cc1ccc[n+](c1)Cc1ccc[n+](c1)Cc1ccc[n+](c1)C2. The first-order valence-corrected chi connectivity index (χ1v) is 9.72. The van der Waals surface area contributed by atoms with Crippen LogP contribution in [0.25, 0.3) is 0 Å². The van der Waals surface area contributed by atoms with E-state index in [1.165, 1.54) is 22.3 Å². The van der Waals surface area contributed by atoms with E-state index in [9.17, 15) is 0 Å². The third-order valence-electron chi connectivity index (χ3n) is 5.14. The van der Waals surface area contributed by atoms with Crippen LogP contribution in [0.15, 0.2) is 98.1 Å². The van der Waals surface area contributed by atoms with Crippen molar-refractivity contribution in [2.45, 2.75) is 26.2 Å². The number of rotatable bonds is 0. The molecule has 8 bridgehead atoms. The first-order valence-electron chi connectivity index (χ1n) is 9.72. The highest BCUT2D eigenvalue weighted by molar-refractivity contribution is 5.09. The third kappa shape index (κ3) is 3.81. The van der Waals surface area contributed by atoms with Crippen LogP contribution in [0.3, 0.4) is 0 Å². The normalized spacial score (nSPS) is 13.1. The summed E-state index contributed by atoms with van der Waals surface area (Å²) in [6, 6.07) is 17.3. The Morgan fingerprint density at radius 3 is 0.893 bits per heavy atom. The first-order chi connectivity index (χ1) is 13.8. The van der Waals surface area contributed by atoms with E-state index in [2.05, 4.69) is 116 Å². The van der Waals surface area contributed by atoms with Crippen molar-refractivity contribution in [2.24, 2.45) is 0 Å². The summed E-state index contributed by atoms with van der Waals surface area (Å²) in [7, 11) is 0. The Morgan fingerprint density at radius 2 is 0.643 bits per heavy atom. The van der Waals surface area contributed by atoms with Crippen LogP contribution in [0.2, 0.25) is 0 Å². The lowest BCUT2D eigenvalue weighted by atomic mass is 10.2. The van der Waals surface area contributed by atoms with Crippen molar-refractivity contribution in [2.75, 3.05) is 0 Å². The molecule has 0 fully saturated rings. The summed E-state index contributed by atoms with van der Waals surface area (Å²) in [5, 5.41) is 0. The van der Waals surface area contributed by atoms with Crippen LogP contribution >= 0.6 is 0 Å². The monoisotopic (exact) mass is 368 g/mol. The maximum atomic E-state index is 2.27. The van der Waals surface area contributed by atoms with Crippen LogP contribution in [0.1, 0.15) is 22.3 Å². The Labute approximate surface area is 165 Å². The fraction of sp³-hybridized carbons (Fsp3) is 0.167. The lowest BCUT2D eigenvalue weighted by Crippen LogP contribution is -2.41. The second-order valence-corrected chi connectivity index (χ2v) is 7.54. The standard InChI is InChI=1S/C24H24N4/c1-5-21-13-25(9-1)18-22-6-2-11-27(14-22)20-24-8-4-12-28(16-24)19-23-7-3-10-26(15-23)17-21/h1-16H,17-20H2/q+4. The molecule has 0 spiro atoms. The molecule has 28 heavy (non-hydrogen) atoms. The predicted octanol–water partition coefficient (Wildman–Crippen LogP) is 1.34. The summed E-state index contributed by atoms with van der Waals surface area (Å²) in [5.74, 6) is 0. The number of fused-ring (bicyclic) bond motifs is 8. The highest BCUT2D eigenvalue weighted by atomic mass is 15.0. The van der Waals surface area contributed by atoms with Gasteiger partial charge in [0.1, 0.15) is 0 Å². The van der Waals surface area contributed by atoms with Crippen LogP contribution in [0.4, 0.5) is 0 Å². The molecule has 0 N–H and O–H groups in total. The minimum atomic E-state index is 0.869. The van der Waals surface area contributed by atoms with Gasteiger partial charge in [-0.15, -0.1) is 0 Å². The van der Waals surface area contributed by atoms with Crippen LogP contribution in [-0.2, 0) is 26.2 Å². The van der Waals surface area contributed by atoms with Gasteiger partial charge < -0.3 is 0 Å². The van der Waals surface area contributed by atoms with Gasteiger partial charge in [0.25, 0.3) is 0 Å². The summed E-state index contributed by atoms with van der Waals surface area (Å²) in [6.07, 6.45) is 17.6. The zero-order valence-corrected chi connectivity index (χ0v) is 15.9. The molecule has 4 aromatic rings.